The van der Waals surface area contributed by atoms with Crippen molar-refractivity contribution in [2.24, 2.45) is 7.05 Å². The Hall–Kier alpha value is -1.36. The maximum Gasteiger partial charge on any atom is 0.106 e. The zero-order valence-electron chi connectivity index (χ0n) is 11.2. The summed E-state index contributed by atoms with van der Waals surface area (Å²) in [5.74, 6) is 0. The second-order valence-electron chi connectivity index (χ2n) is 5.03. The minimum Gasteiger partial charge on any atom is -0.377 e. The highest BCUT2D eigenvalue weighted by molar-refractivity contribution is 9.10. The minimum atomic E-state index is 0.346. The first kappa shape index (κ1) is 12.7. The van der Waals surface area contributed by atoms with E-state index in [1.54, 1.807) is 0 Å². The van der Waals surface area contributed by atoms with Crippen molar-refractivity contribution < 1.29 is 0 Å². The molecule has 0 saturated heterocycles. The molecule has 1 aliphatic carbocycles. The minimum absolute atomic E-state index is 0.346. The molecule has 0 spiro atoms. The van der Waals surface area contributed by atoms with Gasteiger partial charge in [-0.2, -0.15) is 5.10 Å². The molecule has 1 N–H and O–H groups in total. The summed E-state index contributed by atoms with van der Waals surface area (Å²) in [4.78, 5) is 4.43. The van der Waals surface area contributed by atoms with Gasteiger partial charge in [0.15, 0.2) is 0 Å². The van der Waals surface area contributed by atoms with Gasteiger partial charge in [0.05, 0.1) is 23.6 Å². The Labute approximate surface area is 121 Å². The number of fused-ring (bicyclic) bond motifs is 1. The van der Waals surface area contributed by atoms with Crippen LogP contribution in [0.25, 0.3) is 0 Å². The lowest BCUT2D eigenvalue weighted by atomic mass is 9.93. The molecule has 4 nitrogen and oxygen atoms in total. The second kappa shape index (κ2) is 4.96. The molecule has 1 unspecified atom stereocenters. The average molecular weight is 321 g/mol. The second-order valence-corrected chi connectivity index (χ2v) is 5.84. The van der Waals surface area contributed by atoms with E-state index < -0.39 is 0 Å². The van der Waals surface area contributed by atoms with Gasteiger partial charge >= 0.3 is 0 Å². The molecule has 0 aliphatic heterocycles. The van der Waals surface area contributed by atoms with Crippen LogP contribution >= 0.6 is 15.9 Å². The van der Waals surface area contributed by atoms with E-state index in [9.17, 15) is 0 Å². The largest absolute Gasteiger partial charge is 0.377 e. The third kappa shape index (κ3) is 2.39. The predicted octanol–water partition coefficient (Wildman–Crippen LogP) is 3.38. The summed E-state index contributed by atoms with van der Waals surface area (Å²) in [6.07, 6.45) is 5.47. The van der Waals surface area contributed by atoms with Crippen molar-refractivity contribution >= 4 is 21.6 Å². The zero-order valence-corrected chi connectivity index (χ0v) is 12.7. The van der Waals surface area contributed by atoms with Crippen LogP contribution in [-0.4, -0.2) is 14.8 Å². The van der Waals surface area contributed by atoms with Crippen molar-refractivity contribution in [1.82, 2.24) is 14.8 Å². The van der Waals surface area contributed by atoms with Crippen LogP contribution < -0.4 is 5.32 Å². The molecule has 5 heteroatoms. The number of nitrogens with zero attached hydrogens (tertiary/aromatic N) is 3. The monoisotopic (exact) mass is 320 g/mol. The first-order valence-corrected chi connectivity index (χ1v) is 7.35. The topological polar surface area (TPSA) is 42.7 Å². The molecule has 2 aromatic heterocycles. The van der Waals surface area contributed by atoms with Gasteiger partial charge in [0.1, 0.15) is 4.60 Å². The number of pyridine rings is 1. The van der Waals surface area contributed by atoms with Crippen molar-refractivity contribution in [3.63, 3.8) is 0 Å². The third-order valence-corrected chi connectivity index (χ3v) is 4.20. The van der Waals surface area contributed by atoms with Gasteiger partial charge < -0.3 is 5.32 Å². The Morgan fingerprint density at radius 1 is 1.42 bits per heavy atom. The first-order valence-electron chi connectivity index (χ1n) is 6.55. The summed E-state index contributed by atoms with van der Waals surface area (Å²) in [5.41, 5.74) is 4.80. The van der Waals surface area contributed by atoms with Crippen LogP contribution in [0.1, 0.15) is 35.8 Å². The quantitative estimate of drug-likeness (QED) is 0.863. The van der Waals surface area contributed by atoms with Gasteiger partial charge in [-0.05, 0) is 54.2 Å². The Morgan fingerprint density at radius 2 is 2.26 bits per heavy atom. The van der Waals surface area contributed by atoms with Crippen molar-refractivity contribution in [2.45, 2.75) is 32.2 Å². The number of rotatable bonds is 2. The van der Waals surface area contributed by atoms with Crippen LogP contribution in [0.5, 0.6) is 0 Å². The number of hydrogen-bond donors (Lipinski definition) is 1. The van der Waals surface area contributed by atoms with E-state index in [4.69, 9.17) is 0 Å². The highest BCUT2D eigenvalue weighted by Gasteiger charge is 2.23. The fourth-order valence-corrected chi connectivity index (χ4v) is 3.12. The summed E-state index contributed by atoms with van der Waals surface area (Å²) in [6.45, 7) is 2.03. The maximum atomic E-state index is 4.43. The normalized spacial score (nSPS) is 18.2. The predicted molar refractivity (Wildman–Crippen MR) is 79.2 cm³/mol. The average Bonchev–Trinajstić information content (AvgIpc) is 2.76. The Bertz CT molecular complexity index is 605. The SMILES string of the molecule is Cc1nc(Br)ccc1NC1CCCc2c1cnn2C. The lowest BCUT2D eigenvalue weighted by Gasteiger charge is -2.25. The van der Waals surface area contributed by atoms with E-state index in [2.05, 4.69) is 37.4 Å². The molecule has 3 rings (SSSR count). The van der Waals surface area contributed by atoms with Gasteiger partial charge in [-0.15, -0.1) is 0 Å². The molecule has 0 fully saturated rings. The molecule has 2 aromatic rings. The summed E-state index contributed by atoms with van der Waals surface area (Å²) in [7, 11) is 2.02. The van der Waals surface area contributed by atoms with E-state index in [0.717, 1.165) is 28.8 Å². The number of halogens is 1. The Balaban J connectivity index is 1.88. The van der Waals surface area contributed by atoms with E-state index in [1.807, 2.05) is 30.9 Å². The molecule has 19 heavy (non-hydrogen) atoms. The van der Waals surface area contributed by atoms with E-state index in [0.29, 0.717) is 6.04 Å². The first-order chi connectivity index (χ1) is 9.15. The highest BCUT2D eigenvalue weighted by atomic mass is 79.9. The standard InChI is InChI=1S/C14H17BrN4/c1-9-11(6-7-14(15)17-9)18-12-4-3-5-13-10(12)8-16-19(13)2/h6-8,12,18H,3-5H2,1-2H3. The number of aromatic nitrogens is 3. The Kier molecular flexibility index (Phi) is 3.31. The molecule has 0 radical (unpaired) electrons. The molecule has 0 amide bonds. The van der Waals surface area contributed by atoms with Crippen molar-refractivity contribution in [3.05, 3.63) is 39.9 Å². The third-order valence-electron chi connectivity index (χ3n) is 3.76. The molecule has 0 bridgehead atoms. The summed E-state index contributed by atoms with van der Waals surface area (Å²) < 4.78 is 2.87. The van der Waals surface area contributed by atoms with E-state index >= 15 is 0 Å². The lowest BCUT2D eigenvalue weighted by Crippen LogP contribution is -2.18. The van der Waals surface area contributed by atoms with E-state index in [1.165, 1.54) is 17.7 Å². The molecular weight excluding hydrogens is 304 g/mol. The number of aryl methyl sites for hydroxylation is 2. The molecule has 2 heterocycles. The van der Waals surface area contributed by atoms with Crippen LogP contribution in [0.3, 0.4) is 0 Å². The molecular formula is C14H17BrN4. The lowest BCUT2D eigenvalue weighted by molar-refractivity contribution is 0.571. The van der Waals surface area contributed by atoms with Gasteiger partial charge in [0.25, 0.3) is 0 Å². The molecule has 0 aromatic carbocycles. The van der Waals surface area contributed by atoms with Gasteiger partial charge in [-0.3, -0.25) is 4.68 Å². The molecule has 0 saturated carbocycles. The summed E-state index contributed by atoms with van der Waals surface area (Å²) in [5, 5.41) is 7.99. The summed E-state index contributed by atoms with van der Waals surface area (Å²) in [6, 6.07) is 4.40. The molecule has 1 aliphatic rings. The molecule has 1 atom stereocenters. The van der Waals surface area contributed by atoms with Crippen molar-refractivity contribution in [1.29, 1.82) is 0 Å². The van der Waals surface area contributed by atoms with Crippen LogP contribution in [0, 0.1) is 6.92 Å². The van der Waals surface area contributed by atoms with Gasteiger partial charge in [-0.1, -0.05) is 0 Å². The van der Waals surface area contributed by atoms with Crippen LogP contribution in [0.4, 0.5) is 5.69 Å². The Morgan fingerprint density at radius 3 is 3.05 bits per heavy atom. The number of anilines is 1. The van der Waals surface area contributed by atoms with E-state index in [-0.39, 0.29) is 0 Å². The fourth-order valence-electron chi connectivity index (χ4n) is 2.73. The zero-order chi connectivity index (χ0) is 13.4. The fraction of sp³-hybridized carbons (Fsp3) is 0.429. The van der Waals surface area contributed by atoms with Crippen molar-refractivity contribution in [2.75, 3.05) is 5.32 Å². The summed E-state index contributed by atoms with van der Waals surface area (Å²) >= 11 is 3.40. The van der Waals surface area contributed by atoms with Crippen molar-refractivity contribution in [3.8, 4) is 0 Å². The maximum absolute atomic E-state index is 4.43. The van der Waals surface area contributed by atoms with Crippen LogP contribution in [-0.2, 0) is 13.5 Å². The van der Waals surface area contributed by atoms with Gasteiger partial charge in [0, 0.05) is 18.3 Å². The number of hydrogen-bond acceptors (Lipinski definition) is 3. The van der Waals surface area contributed by atoms with Crippen LogP contribution in [0.15, 0.2) is 22.9 Å². The van der Waals surface area contributed by atoms with Gasteiger partial charge in [0.2, 0.25) is 0 Å². The van der Waals surface area contributed by atoms with Gasteiger partial charge in [-0.25, -0.2) is 4.98 Å². The smallest absolute Gasteiger partial charge is 0.106 e. The van der Waals surface area contributed by atoms with Crippen LogP contribution in [0.2, 0.25) is 0 Å². The number of nitrogens with one attached hydrogen (secondary N) is 1. The molecule has 100 valence electrons. The highest BCUT2D eigenvalue weighted by Crippen LogP contribution is 2.32.